The van der Waals surface area contributed by atoms with Crippen molar-refractivity contribution in [2.24, 2.45) is 5.10 Å². The summed E-state index contributed by atoms with van der Waals surface area (Å²) in [7, 11) is 1.58. The first kappa shape index (κ1) is 21.9. The van der Waals surface area contributed by atoms with E-state index in [1.807, 2.05) is 12.1 Å². The third-order valence-electron chi connectivity index (χ3n) is 5.27. The van der Waals surface area contributed by atoms with Crippen LogP contribution in [0.1, 0.15) is 55.6 Å². The fraction of sp³-hybridized carbons (Fsp3) is 0.333. The van der Waals surface area contributed by atoms with Crippen LogP contribution in [0.4, 0.5) is 5.69 Å². The molecule has 2 aromatic carbocycles. The third-order valence-corrected chi connectivity index (χ3v) is 5.59. The molecule has 2 aromatic rings. The molecule has 6 heteroatoms. The lowest BCUT2D eigenvalue weighted by atomic mass is 9.88. The highest BCUT2D eigenvalue weighted by atomic mass is 35.5. The Hall–Kier alpha value is -2.79. The Morgan fingerprint density at radius 3 is 2.60 bits per heavy atom. The molecule has 0 unspecified atom stereocenters. The molecule has 1 aliphatic heterocycles. The summed E-state index contributed by atoms with van der Waals surface area (Å²) in [6.45, 7) is 9.67. The maximum atomic E-state index is 12.3. The van der Waals surface area contributed by atoms with Crippen molar-refractivity contribution in [3.63, 3.8) is 0 Å². The van der Waals surface area contributed by atoms with Gasteiger partial charge >= 0.3 is 0 Å². The standard InChI is InChI=1S/C24H28ClN3O2/c1-6-11-28-22-13-21(25)18(12-20(22)16(2)14-24(28,3)4)15-26-27-23(29)17-7-9-19(30-5)10-8-17/h7-10,12-15H,6,11H2,1-5H3,(H,27,29)/b26-15-. The number of hydrazone groups is 1. The smallest absolute Gasteiger partial charge is 0.271 e. The summed E-state index contributed by atoms with van der Waals surface area (Å²) in [5.41, 5.74) is 7.21. The second-order valence-corrected chi connectivity index (χ2v) is 8.36. The Balaban J connectivity index is 1.82. The molecule has 3 rings (SSSR count). The molecular weight excluding hydrogens is 398 g/mol. The van der Waals surface area contributed by atoms with Crippen molar-refractivity contribution in [1.82, 2.24) is 5.43 Å². The number of rotatable bonds is 6. The van der Waals surface area contributed by atoms with E-state index in [-0.39, 0.29) is 11.4 Å². The van der Waals surface area contributed by atoms with Crippen molar-refractivity contribution >= 4 is 35.0 Å². The first-order chi connectivity index (χ1) is 14.3. The number of methoxy groups -OCH3 is 1. The second kappa shape index (κ2) is 8.92. The van der Waals surface area contributed by atoms with Gasteiger partial charge in [-0.2, -0.15) is 5.10 Å². The van der Waals surface area contributed by atoms with E-state index < -0.39 is 0 Å². The number of benzene rings is 2. The van der Waals surface area contributed by atoms with Gasteiger partial charge in [0.05, 0.1) is 23.9 Å². The van der Waals surface area contributed by atoms with Crippen LogP contribution in [0.15, 0.2) is 47.6 Å². The summed E-state index contributed by atoms with van der Waals surface area (Å²) < 4.78 is 5.11. The molecule has 1 amide bonds. The molecule has 0 aromatic heterocycles. The number of halogens is 1. The normalized spacial score (nSPS) is 15.0. The first-order valence-electron chi connectivity index (χ1n) is 10.0. The zero-order valence-corrected chi connectivity index (χ0v) is 18.9. The van der Waals surface area contributed by atoms with Crippen LogP contribution in [-0.2, 0) is 0 Å². The summed E-state index contributed by atoms with van der Waals surface area (Å²) in [5, 5.41) is 4.71. The van der Waals surface area contributed by atoms with E-state index >= 15 is 0 Å². The van der Waals surface area contributed by atoms with E-state index in [4.69, 9.17) is 16.3 Å². The maximum absolute atomic E-state index is 12.3. The molecule has 1 N–H and O–H groups in total. The van der Waals surface area contributed by atoms with Crippen LogP contribution in [0.2, 0.25) is 5.02 Å². The molecule has 1 aliphatic rings. The van der Waals surface area contributed by atoms with Gasteiger partial charge in [-0.05, 0) is 69.2 Å². The lowest BCUT2D eigenvalue weighted by Gasteiger charge is -2.43. The fourth-order valence-electron chi connectivity index (χ4n) is 3.81. The maximum Gasteiger partial charge on any atom is 0.271 e. The minimum atomic E-state index is -0.296. The van der Waals surface area contributed by atoms with E-state index in [1.165, 1.54) is 5.57 Å². The monoisotopic (exact) mass is 425 g/mol. The molecular formula is C24H28ClN3O2. The largest absolute Gasteiger partial charge is 0.497 e. The lowest BCUT2D eigenvalue weighted by molar-refractivity contribution is 0.0955. The summed E-state index contributed by atoms with van der Waals surface area (Å²) in [6, 6.07) is 10.9. The van der Waals surface area contributed by atoms with Crippen LogP contribution in [0, 0.1) is 0 Å². The first-order valence-corrected chi connectivity index (χ1v) is 10.4. The number of nitrogens with zero attached hydrogens (tertiary/aromatic N) is 2. The highest BCUT2D eigenvalue weighted by molar-refractivity contribution is 6.33. The van der Waals surface area contributed by atoms with Crippen LogP contribution < -0.4 is 15.1 Å². The molecule has 1 heterocycles. The summed E-state index contributed by atoms with van der Waals surface area (Å²) in [4.78, 5) is 14.7. The predicted molar refractivity (Wildman–Crippen MR) is 125 cm³/mol. The number of hydrogen-bond donors (Lipinski definition) is 1. The Bertz CT molecular complexity index is 994. The van der Waals surface area contributed by atoms with Gasteiger partial charge in [0.1, 0.15) is 5.75 Å². The van der Waals surface area contributed by atoms with E-state index in [1.54, 1.807) is 37.6 Å². The number of ether oxygens (including phenoxy) is 1. The summed E-state index contributed by atoms with van der Waals surface area (Å²) >= 11 is 6.57. The molecule has 0 aliphatic carbocycles. The van der Waals surface area contributed by atoms with Gasteiger partial charge in [0.2, 0.25) is 0 Å². The molecule has 30 heavy (non-hydrogen) atoms. The molecule has 0 fully saturated rings. The van der Waals surface area contributed by atoms with E-state index in [2.05, 4.69) is 49.2 Å². The Kier molecular flexibility index (Phi) is 6.52. The van der Waals surface area contributed by atoms with Crippen LogP contribution in [0.25, 0.3) is 5.57 Å². The number of fused-ring (bicyclic) bond motifs is 1. The molecule has 0 bridgehead atoms. The zero-order chi connectivity index (χ0) is 21.9. The highest BCUT2D eigenvalue weighted by Crippen LogP contribution is 2.41. The zero-order valence-electron chi connectivity index (χ0n) is 18.1. The number of carbonyl (C=O) groups excluding carboxylic acids is 1. The van der Waals surface area contributed by atoms with Crippen LogP contribution >= 0.6 is 11.6 Å². The Morgan fingerprint density at radius 2 is 1.97 bits per heavy atom. The number of carbonyl (C=O) groups is 1. The Morgan fingerprint density at radius 1 is 1.27 bits per heavy atom. The van der Waals surface area contributed by atoms with Gasteiger partial charge in [-0.15, -0.1) is 0 Å². The van der Waals surface area contributed by atoms with Crippen molar-refractivity contribution in [1.29, 1.82) is 0 Å². The SMILES string of the molecule is CCCN1c2cc(Cl)c(/C=N\NC(=O)c3ccc(OC)cc3)cc2C(C)=CC1(C)C. The van der Waals surface area contributed by atoms with Crippen LogP contribution in [0.5, 0.6) is 5.75 Å². The fourth-order valence-corrected chi connectivity index (χ4v) is 4.02. The molecule has 0 atom stereocenters. The van der Waals surface area contributed by atoms with Gasteiger partial charge in [0.25, 0.3) is 5.91 Å². The van der Waals surface area contributed by atoms with Crippen molar-refractivity contribution in [2.45, 2.75) is 39.7 Å². The van der Waals surface area contributed by atoms with Gasteiger partial charge < -0.3 is 9.64 Å². The Labute approximate surface area is 183 Å². The van der Waals surface area contributed by atoms with Crippen LogP contribution in [0.3, 0.4) is 0 Å². The van der Waals surface area contributed by atoms with Crippen LogP contribution in [-0.4, -0.2) is 31.3 Å². The number of nitrogens with one attached hydrogen (secondary N) is 1. The lowest BCUT2D eigenvalue weighted by Crippen LogP contribution is -2.45. The average Bonchev–Trinajstić information content (AvgIpc) is 2.71. The minimum Gasteiger partial charge on any atom is -0.497 e. The summed E-state index contributed by atoms with van der Waals surface area (Å²) in [5.74, 6) is 0.398. The van der Waals surface area contributed by atoms with Crippen molar-refractivity contribution in [3.8, 4) is 5.75 Å². The van der Waals surface area contributed by atoms with E-state index in [0.717, 1.165) is 29.8 Å². The molecule has 5 nitrogen and oxygen atoms in total. The molecule has 158 valence electrons. The number of hydrogen-bond acceptors (Lipinski definition) is 4. The average molecular weight is 426 g/mol. The number of allylic oxidation sites excluding steroid dienone is 1. The van der Waals surface area contributed by atoms with E-state index in [9.17, 15) is 4.79 Å². The predicted octanol–water partition coefficient (Wildman–Crippen LogP) is 5.52. The molecule has 0 spiro atoms. The van der Waals surface area contributed by atoms with Crippen molar-refractivity contribution in [2.75, 3.05) is 18.6 Å². The molecule has 0 radical (unpaired) electrons. The second-order valence-electron chi connectivity index (χ2n) is 7.95. The molecule has 0 saturated heterocycles. The minimum absolute atomic E-state index is 0.0711. The topological polar surface area (TPSA) is 53.9 Å². The van der Waals surface area contributed by atoms with Gasteiger partial charge in [0, 0.05) is 28.9 Å². The van der Waals surface area contributed by atoms with Gasteiger partial charge in [0.15, 0.2) is 0 Å². The highest BCUT2D eigenvalue weighted by Gasteiger charge is 2.31. The number of amides is 1. The van der Waals surface area contributed by atoms with E-state index in [0.29, 0.717) is 16.3 Å². The van der Waals surface area contributed by atoms with Gasteiger partial charge in [-0.3, -0.25) is 4.79 Å². The third kappa shape index (κ3) is 4.51. The van der Waals surface area contributed by atoms with Crippen molar-refractivity contribution < 1.29 is 9.53 Å². The van der Waals surface area contributed by atoms with Crippen molar-refractivity contribution in [3.05, 3.63) is 64.2 Å². The summed E-state index contributed by atoms with van der Waals surface area (Å²) in [6.07, 6.45) is 4.92. The molecule has 0 saturated carbocycles. The van der Waals surface area contributed by atoms with Gasteiger partial charge in [-0.25, -0.2) is 5.43 Å². The quantitative estimate of drug-likeness (QED) is 0.489. The number of anilines is 1. The van der Waals surface area contributed by atoms with Gasteiger partial charge in [-0.1, -0.05) is 24.6 Å².